The first-order chi connectivity index (χ1) is 13.3. The van der Waals surface area contributed by atoms with Crippen molar-refractivity contribution < 1.29 is 14.4 Å². The molecule has 0 atom stereocenters. The number of Topliss-reactive ketones (excluding diaryl/α,β-unsaturated/α-hetero) is 1. The molecule has 1 aromatic heterocycles. The molecule has 0 radical (unpaired) electrons. The summed E-state index contributed by atoms with van der Waals surface area (Å²) in [6, 6.07) is 14.1. The number of anilines is 2. The molecule has 0 fully saturated rings. The molecule has 0 bridgehead atoms. The van der Waals surface area contributed by atoms with Gasteiger partial charge in [0, 0.05) is 34.4 Å². The quantitative estimate of drug-likeness (QED) is 0.442. The van der Waals surface area contributed by atoms with E-state index >= 15 is 0 Å². The van der Waals surface area contributed by atoms with Crippen molar-refractivity contribution in [3.63, 3.8) is 0 Å². The van der Waals surface area contributed by atoms with Crippen molar-refractivity contribution in [3.8, 4) is 0 Å². The summed E-state index contributed by atoms with van der Waals surface area (Å²) < 4.78 is 0. The molecular weight excluding hydrogens is 354 g/mol. The first-order valence-corrected chi connectivity index (χ1v) is 9.18. The van der Waals surface area contributed by atoms with Crippen LogP contribution in [0.4, 0.5) is 11.4 Å². The Hall–Kier alpha value is -3.41. The fourth-order valence-electron chi connectivity index (χ4n) is 3.09. The van der Waals surface area contributed by atoms with Crippen LogP contribution in [0.1, 0.15) is 36.3 Å². The van der Waals surface area contributed by atoms with Gasteiger partial charge in [-0.3, -0.25) is 14.4 Å². The van der Waals surface area contributed by atoms with Crippen LogP contribution in [0.3, 0.4) is 0 Å². The van der Waals surface area contributed by atoms with Crippen molar-refractivity contribution in [2.45, 2.75) is 27.2 Å². The van der Waals surface area contributed by atoms with Crippen LogP contribution in [-0.2, 0) is 9.59 Å². The molecule has 0 spiro atoms. The number of aromatic amines is 1. The molecule has 0 unspecified atom stereocenters. The van der Waals surface area contributed by atoms with E-state index in [2.05, 4.69) is 15.6 Å². The number of ketones is 1. The summed E-state index contributed by atoms with van der Waals surface area (Å²) in [4.78, 5) is 40.1. The fraction of sp³-hybridized carbons (Fsp3) is 0.227. The summed E-state index contributed by atoms with van der Waals surface area (Å²) in [5.41, 5.74) is 2.98. The number of para-hydroxylation sites is 1. The third-order valence-electron chi connectivity index (χ3n) is 4.35. The average molecular weight is 377 g/mol. The van der Waals surface area contributed by atoms with Gasteiger partial charge in [0.15, 0.2) is 0 Å². The van der Waals surface area contributed by atoms with Gasteiger partial charge >= 0.3 is 0 Å². The van der Waals surface area contributed by atoms with Gasteiger partial charge in [0.05, 0.1) is 5.56 Å². The van der Waals surface area contributed by atoms with Gasteiger partial charge < -0.3 is 15.6 Å². The van der Waals surface area contributed by atoms with E-state index < -0.39 is 11.7 Å². The van der Waals surface area contributed by atoms with E-state index in [1.807, 2.05) is 38.1 Å². The lowest BCUT2D eigenvalue weighted by molar-refractivity contribution is -0.117. The van der Waals surface area contributed by atoms with Crippen molar-refractivity contribution >= 4 is 39.9 Å². The minimum Gasteiger partial charge on any atom is -0.358 e. The van der Waals surface area contributed by atoms with Crippen LogP contribution in [-0.4, -0.2) is 22.6 Å². The number of fused-ring (bicyclic) bond motifs is 1. The first kappa shape index (κ1) is 19.4. The highest BCUT2D eigenvalue weighted by molar-refractivity contribution is 6.48. The van der Waals surface area contributed by atoms with Gasteiger partial charge in [-0.2, -0.15) is 0 Å². The lowest BCUT2D eigenvalue weighted by Crippen LogP contribution is -2.23. The number of nitrogens with one attached hydrogen (secondary N) is 3. The van der Waals surface area contributed by atoms with Crippen LogP contribution in [0.5, 0.6) is 0 Å². The Morgan fingerprint density at radius 2 is 1.54 bits per heavy atom. The van der Waals surface area contributed by atoms with Crippen molar-refractivity contribution in [1.82, 2.24) is 4.98 Å². The summed E-state index contributed by atoms with van der Waals surface area (Å²) in [6.07, 6.45) is 0.441. The first-order valence-electron chi connectivity index (χ1n) is 9.18. The monoisotopic (exact) mass is 377 g/mol. The normalized spacial score (nSPS) is 10.9. The molecule has 3 rings (SSSR count). The lowest BCUT2D eigenvalue weighted by Gasteiger charge is -2.09. The highest BCUT2D eigenvalue weighted by Gasteiger charge is 2.22. The number of hydrogen-bond donors (Lipinski definition) is 3. The smallest absolute Gasteiger partial charge is 0.296 e. The standard InChI is InChI=1S/C22H23N3O3/c1-13(2)12-19(26)24-15-8-10-16(11-9-15)25-22(28)21(27)20-14(3)23-18-7-5-4-6-17(18)20/h4-11,13,23H,12H2,1-3H3,(H,24,26)(H,25,28). The van der Waals surface area contributed by atoms with Crippen LogP contribution in [0, 0.1) is 12.8 Å². The number of rotatable bonds is 6. The number of aryl methyl sites for hydroxylation is 1. The molecule has 0 aliphatic heterocycles. The lowest BCUT2D eigenvalue weighted by atomic mass is 10.1. The van der Waals surface area contributed by atoms with Gasteiger partial charge in [0.25, 0.3) is 11.7 Å². The van der Waals surface area contributed by atoms with Gasteiger partial charge in [-0.25, -0.2) is 0 Å². The number of carbonyl (C=O) groups is 3. The molecule has 1 heterocycles. The third-order valence-corrected chi connectivity index (χ3v) is 4.35. The Morgan fingerprint density at radius 1 is 0.929 bits per heavy atom. The number of aromatic nitrogens is 1. The van der Waals surface area contributed by atoms with E-state index in [0.29, 0.717) is 29.1 Å². The number of hydrogen-bond acceptors (Lipinski definition) is 3. The summed E-state index contributed by atoms with van der Waals surface area (Å²) in [5.74, 6) is -1.08. The van der Waals surface area contributed by atoms with Crippen molar-refractivity contribution in [3.05, 3.63) is 59.8 Å². The molecule has 6 heteroatoms. The van der Waals surface area contributed by atoms with Gasteiger partial charge in [-0.05, 0) is 43.2 Å². The Bertz CT molecular complexity index is 1030. The Morgan fingerprint density at radius 3 is 2.18 bits per heavy atom. The topological polar surface area (TPSA) is 91.1 Å². The van der Waals surface area contributed by atoms with Crippen LogP contribution in [0.25, 0.3) is 10.9 Å². The predicted octanol–water partition coefficient (Wildman–Crippen LogP) is 4.28. The zero-order valence-corrected chi connectivity index (χ0v) is 16.1. The van der Waals surface area contributed by atoms with E-state index in [1.54, 1.807) is 31.2 Å². The van der Waals surface area contributed by atoms with Crippen LogP contribution < -0.4 is 10.6 Å². The molecule has 3 aromatic rings. The molecule has 2 aromatic carbocycles. The molecule has 3 N–H and O–H groups in total. The van der Waals surface area contributed by atoms with E-state index in [-0.39, 0.29) is 11.8 Å². The Kier molecular flexibility index (Phi) is 5.59. The van der Waals surface area contributed by atoms with Crippen LogP contribution in [0.15, 0.2) is 48.5 Å². The maximum absolute atomic E-state index is 12.7. The van der Waals surface area contributed by atoms with Gasteiger partial charge in [-0.1, -0.05) is 32.0 Å². The highest BCUT2D eigenvalue weighted by Crippen LogP contribution is 2.23. The van der Waals surface area contributed by atoms with Crippen LogP contribution in [0.2, 0.25) is 0 Å². The maximum atomic E-state index is 12.7. The molecule has 2 amide bonds. The van der Waals surface area contributed by atoms with Crippen LogP contribution >= 0.6 is 0 Å². The van der Waals surface area contributed by atoms with E-state index in [4.69, 9.17) is 0 Å². The summed E-state index contributed by atoms with van der Waals surface area (Å²) in [5, 5.41) is 6.15. The molecule has 6 nitrogen and oxygen atoms in total. The Labute approximate surface area is 163 Å². The maximum Gasteiger partial charge on any atom is 0.296 e. The third kappa shape index (κ3) is 4.28. The van der Waals surface area contributed by atoms with Gasteiger partial charge in [-0.15, -0.1) is 0 Å². The minimum atomic E-state index is -0.704. The number of carbonyl (C=O) groups excluding carboxylic acids is 3. The SMILES string of the molecule is Cc1[nH]c2ccccc2c1C(=O)C(=O)Nc1ccc(NC(=O)CC(C)C)cc1. The Balaban J connectivity index is 1.69. The summed E-state index contributed by atoms with van der Waals surface area (Å²) in [7, 11) is 0. The number of H-pyrrole nitrogens is 1. The number of amides is 2. The number of benzene rings is 2. The van der Waals surface area contributed by atoms with E-state index in [0.717, 1.165) is 10.9 Å². The van der Waals surface area contributed by atoms with E-state index in [9.17, 15) is 14.4 Å². The second-order valence-corrected chi connectivity index (χ2v) is 7.18. The average Bonchev–Trinajstić information content (AvgIpc) is 2.97. The molecule has 0 saturated heterocycles. The molecular formula is C22H23N3O3. The largest absolute Gasteiger partial charge is 0.358 e. The molecule has 0 aliphatic carbocycles. The zero-order chi connectivity index (χ0) is 20.3. The molecule has 0 aliphatic rings. The minimum absolute atomic E-state index is 0.0585. The van der Waals surface area contributed by atoms with Crippen molar-refractivity contribution in [1.29, 1.82) is 0 Å². The second kappa shape index (κ2) is 8.08. The highest BCUT2D eigenvalue weighted by atomic mass is 16.2. The van der Waals surface area contributed by atoms with E-state index in [1.165, 1.54) is 0 Å². The van der Waals surface area contributed by atoms with Gasteiger partial charge in [0.2, 0.25) is 5.91 Å². The second-order valence-electron chi connectivity index (χ2n) is 7.18. The molecule has 0 saturated carbocycles. The fourth-order valence-corrected chi connectivity index (χ4v) is 3.09. The predicted molar refractivity (Wildman–Crippen MR) is 111 cm³/mol. The van der Waals surface area contributed by atoms with Gasteiger partial charge in [0.1, 0.15) is 0 Å². The molecule has 144 valence electrons. The van der Waals surface area contributed by atoms with Crippen molar-refractivity contribution in [2.75, 3.05) is 10.6 Å². The van der Waals surface area contributed by atoms with Crippen molar-refractivity contribution in [2.24, 2.45) is 5.92 Å². The summed E-state index contributed by atoms with van der Waals surface area (Å²) >= 11 is 0. The zero-order valence-electron chi connectivity index (χ0n) is 16.1. The summed E-state index contributed by atoms with van der Waals surface area (Å²) in [6.45, 7) is 5.73. The molecule has 28 heavy (non-hydrogen) atoms.